The Labute approximate surface area is 109 Å². The van der Waals surface area contributed by atoms with E-state index < -0.39 is 29.5 Å². The van der Waals surface area contributed by atoms with E-state index in [4.69, 9.17) is 15.6 Å². The van der Waals surface area contributed by atoms with Crippen molar-refractivity contribution in [3.8, 4) is 0 Å². The van der Waals surface area contributed by atoms with Crippen LogP contribution in [0.4, 0.5) is 13.2 Å². The van der Waals surface area contributed by atoms with Gasteiger partial charge in [-0.2, -0.15) is 13.2 Å². The van der Waals surface area contributed by atoms with Crippen LogP contribution in [0, 0.1) is 5.41 Å². The largest absolute Gasteiger partial charge is 0.481 e. The number of nitrogens with two attached hydrogens (primary N) is 1. The zero-order chi connectivity index (χ0) is 15.4. The van der Waals surface area contributed by atoms with E-state index in [0.717, 1.165) is 4.90 Å². The molecule has 19 heavy (non-hydrogen) atoms. The molecule has 0 aliphatic heterocycles. The molecule has 3 N–H and O–H groups in total. The van der Waals surface area contributed by atoms with Crippen molar-refractivity contribution in [1.29, 1.82) is 0 Å². The second-order valence-corrected chi connectivity index (χ2v) is 4.85. The van der Waals surface area contributed by atoms with Crippen LogP contribution in [0.2, 0.25) is 0 Å². The summed E-state index contributed by atoms with van der Waals surface area (Å²) in [6, 6.07) is 0. The lowest BCUT2D eigenvalue weighted by Crippen LogP contribution is -2.36. The van der Waals surface area contributed by atoms with E-state index in [0.29, 0.717) is 6.20 Å². The maximum absolute atomic E-state index is 12.2. The van der Waals surface area contributed by atoms with Crippen LogP contribution in [0.1, 0.15) is 20.8 Å². The average Bonchev–Trinajstić information content (AvgIpc) is 2.24. The summed E-state index contributed by atoms with van der Waals surface area (Å²) in [5.74, 6) is -1.05. The van der Waals surface area contributed by atoms with Crippen LogP contribution >= 0.6 is 0 Å². The number of alkyl halides is 3. The second-order valence-electron chi connectivity index (χ2n) is 4.85. The summed E-state index contributed by atoms with van der Waals surface area (Å²) in [4.78, 5) is 12.0. The number of hydrogen-bond donors (Lipinski definition) is 2. The van der Waals surface area contributed by atoms with Gasteiger partial charge in [0, 0.05) is 13.2 Å². The minimum atomic E-state index is -4.60. The number of aliphatic carboxylic acids is 1. The molecular formula is C11H19F3N2O3. The molecule has 1 atom stereocenters. The van der Waals surface area contributed by atoms with E-state index in [-0.39, 0.29) is 6.61 Å². The molecule has 0 aliphatic carbocycles. The van der Waals surface area contributed by atoms with Gasteiger partial charge >= 0.3 is 12.1 Å². The molecule has 0 bridgehead atoms. The summed E-state index contributed by atoms with van der Waals surface area (Å²) in [6.07, 6.45) is -4.63. The van der Waals surface area contributed by atoms with Crippen LogP contribution in [0.5, 0.6) is 0 Å². The first-order chi connectivity index (χ1) is 8.38. The SMILES string of the molecule is CC(OCC(C)(C)C(=O)O)N(C)/C=C(\N)C(F)(F)F. The fourth-order valence-corrected chi connectivity index (χ4v) is 0.906. The molecule has 5 nitrogen and oxygen atoms in total. The maximum Gasteiger partial charge on any atom is 0.432 e. The number of halogens is 3. The number of carbonyl (C=O) groups is 1. The van der Waals surface area contributed by atoms with E-state index >= 15 is 0 Å². The third kappa shape index (κ3) is 5.82. The number of rotatable bonds is 6. The maximum atomic E-state index is 12.2. The molecule has 0 rings (SSSR count). The Morgan fingerprint density at radius 1 is 1.47 bits per heavy atom. The van der Waals surface area contributed by atoms with E-state index in [2.05, 4.69) is 0 Å². The van der Waals surface area contributed by atoms with Gasteiger partial charge in [0.1, 0.15) is 11.9 Å². The number of carboxylic acids is 1. The van der Waals surface area contributed by atoms with Crippen molar-refractivity contribution < 1.29 is 27.8 Å². The Morgan fingerprint density at radius 2 is 1.95 bits per heavy atom. The molecular weight excluding hydrogens is 265 g/mol. The highest BCUT2D eigenvalue weighted by molar-refractivity contribution is 5.73. The molecule has 112 valence electrons. The summed E-state index contributed by atoms with van der Waals surface area (Å²) in [5.41, 5.74) is 2.50. The van der Waals surface area contributed by atoms with E-state index in [9.17, 15) is 18.0 Å². The van der Waals surface area contributed by atoms with Crippen LogP contribution in [-0.2, 0) is 9.53 Å². The first-order valence-corrected chi connectivity index (χ1v) is 5.49. The molecule has 0 radical (unpaired) electrons. The van der Waals surface area contributed by atoms with Gasteiger partial charge in [0.05, 0.1) is 12.0 Å². The fraction of sp³-hybridized carbons (Fsp3) is 0.727. The second kappa shape index (κ2) is 6.14. The predicted molar refractivity (Wildman–Crippen MR) is 62.9 cm³/mol. The standard InChI is InChI=1S/C11H19F3N2O3/c1-7(19-6-10(2,3)9(17)18)16(4)5-8(15)11(12,13)14/h5,7H,6,15H2,1-4H3,(H,17,18)/b8-5-. The minimum absolute atomic E-state index is 0.131. The molecule has 0 aromatic carbocycles. The summed E-state index contributed by atoms with van der Waals surface area (Å²) >= 11 is 0. The van der Waals surface area contributed by atoms with E-state index in [1.807, 2.05) is 0 Å². The lowest BCUT2D eigenvalue weighted by atomic mass is 9.95. The molecule has 0 aromatic heterocycles. The molecule has 1 unspecified atom stereocenters. The highest BCUT2D eigenvalue weighted by atomic mass is 19.4. The van der Waals surface area contributed by atoms with Gasteiger partial charge < -0.3 is 20.5 Å². The normalized spacial score (nSPS) is 15.2. The molecule has 0 saturated heterocycles. The van der Waals surface area contributed by atoms with Crippen molar-refractivity contribution in [2.75, 3.05) is 13.7 Å². The highest BCUT2D eigenvalue weighted by Gasteiger charge is 2.32. The Morgan fingerprint density at radius 3 is 2.32 bits per heavy atom. The highest BCUT2D eigenvalue weighted by Crippen LogP contribution is 2.22. The smallest absolute Gasteiger partial charge is 0.432 e. The van der Waals surface area contributed by atoms with E-state index in [1.165, 1.54) is 27.8 Å². The Balaban J connectivity index is 4.53. The van der Waals surface area contributed by atoms with Crippen molar-refractivity contribution in [2.45, 2.75) is 33.2 Å². The minimum Gasteiger partial charge on any atom is -0.481 e. The Bertz CT molecular complexity index is 354. The van der Waals surface area contributed by atoms with Gasteiger partial charge in [0.15, 0.2) is 0 Å². The summed E-state index contributed by atoms with van der Waals surface area (Å²) in [6.45, 7) is 4.29. The average molecular weight is 284 g/mol. The Kier molecular flexibility index (Phi) is 5.67. The number of allylic oxidation sites excluding steroid dienone is 1. The van der Waals surface area contributed by atoms with Crippen molar-refractivity contribution in [3.63, 3.8) is 0 Å². The van der Waals surface area contributed by atoms with Crippen LogP contribution in [-0.4, -0.2) is 42.0 Å². The van der Waals surface area contributed by atoms with Gasteiger partial charge in [-0.25, -0.2) is 0 Å². The number of carboxylic acid groups (broad SMARTS) is 1. The number of hydrogen-bond acceptors (Lipinski definition) is 4. The zero-order valence-electron chi connectivity index (χ0n) is 11.3. The Hall–Kier alpha value is -1.44. The molecule has 0 aliphatic rings. The molecule has 8 heteroatoms. The molecule has 0 saturated carbocycles. The summed E-state index contributed by atoms with van der Waals surface area (Å²) in [7, 11) is 1.36. The van der Waals surface area contributed by atoms with Gasteiger partial charge in [0.25, 0.3) is 0 Å². The zero-order valence-corrected chi connectivity index (χ0v) is 11.3. The lowest BCUT2D eigenvalue weighted by molar-refractivity contribution is -0.153. The lowest BCUT2D eigenvalue weighted by Gasteiger charge is -2.28. The third-order valence-corrected chi connectivity index (χ3v) is 2.51. The fourth-order valence-electron chi connectivity index (χ4n) is 0.906. The van der Waals surface area contributed by atoms with E-state index in [1.54, 1.807) is 0 Å². The topological polar surface area (TPSA) is 75.8 Å². The molecule has 0 amide bonds. The first-order valence-electron chi connectivity index (χ1n) is 5.49. The van der Waals surface area contributed by atoms with Gasteiger partial charge in [-0.05, 0) is 20.8 Å². The number of nitrogens with zero attached hydrogens (tertiary/aromatic N) is 1. The third-order valence-electron chi connectivity index (χ3n) is 2.51. The molecule has 0 fully saturated rings. The predicted octanol–water partition coefficient (Wildman–Crippen LogP) is 1.75. The molecule has 0 spiro atoms. The van der Waals surface area contributed by atoms with Crippen molar-refractivity contribution in [3.05, 3.63) is 11.9 Å². The number of ether oxygens (including phenoxy) is 1. The first kappa shape index (κ1) is 17.6. The van der Waals surface area contributed by atoms with Crippen molar-refractivity contribution in [1.82, 2.24) is 4.90 Å². The van der Waals surface area contributed by atoms with Crippen molar-refractivity contribution >= 4 is 5.97 Å². The van der Waals surface area contributed by atoms with Crippen LogP contribution in [0.3, 0.4) is 0 Å². The monoisotopic (exact) mass is 284 g/mol. The van der Waals surface area contributed by atoms with Gasteiger partial charge in [-0.15, -0.1) is 0 Å². The molecule has 0 heterocycles. The van der Waals surface area contributed by atoms with Crippen LogP contribution < -0.4 is 5.73 Å². The quantitative estimate of drug-likeness (QED) is 0.727. The van der Waals surface area contributed by atoms with Gasteiger partial charge in [-0.3, -0.25) is 4.79 Å². The van der Waals surface area contributed by atoms with Gasteiger partial charge in [-0.1, -0.05) is 0 Å². The van der Waals surface area contributed by atoms with Crippen LogP contribution in [0.25, 0.3) is 0 Å². The summed E-state index contributed by atoms with van der Waals surface area (Å²) in [5, 5.41) is 8.87. The van der Waals surface area contributed by atoms with Gasteiger partial charge in [0.2, 0.25) is 0 Å². The van der Waals surface area contributed by atoms with Crippen LogP contribution in [0.15, 0.2) is 11.9 Å². The van der Waals surface area contributed by atoms with Crippen molar-refractivity contribution in [2.24, 2.45) is 11.1 Å². The molecule has 0 aromatic rings. The summed E-state index contributed by atoms with van der Waals surface area (Å²) < 4.78 is 41.9.